The lowest BCUT2D eigenvalue weighted by atomic mass is 9.96. The Balaban J connectivity index is 1.43. The number of amides is 1. The predicted molar refractivity (Wildman–Crippen MR) is 109 cm³/mol. The molecule has 1 aliphatic heterocycles. The lowest BCUT2D eigenvalue weighted by Gasteiger charge is -2.31. The van der Waals surface area contributed by atoms with E-state index in [1.165, 1.54) is 0 Å². The maximum absolute atomic E-state index is 12.9. The second-order valence-corrected chi connectivity index (χ2v) is 7.11. The normalized spacial score (nSPS) is 14.9. The van der Waals surface area contributed by atoms with Crippen LogP contribution < -0.4 is 10.2 Å². The Morgan fingerprint density at radius 3 is 2.54 bits per heavy atom. The van der Waals surface area contributed by atoms with Crippen molar-refractivity contribution in [2.24, 2.45) is 5.92 Å². The van der Waals surface area contributed by atoms with Gasteiger partial charge in [0.25, 0.3) is 0 Å². The number of nitrogens with zero attached hydrogens (tertiary/aromatic N) is 5. The molecule has 0 spiro atoms. The van der Waals surface area contributed by atoms with Crippen LogP contribution in [0.5, 0.6) is 0 Å². The Kier molecular flexibility index (Phi) is 5.06. The molecule has 7 nitrogen and oxygen atoms in total. The van der Waals surface area contributed by atoms with Crippen molar-refractivity contribution in [3.63, 3.8) is 0 Å². The lowest BCUT2D eigenvalue weighted by Crippen LogP contribution is -2.38. The fourth-order valence-electron chi connectivity index (χ4n) is 3.69. The number of aryl methyl sites for hydroxylation is 1. The minimum absolute atomic E-state index is 0.00760. The highest BCUT2D eigenvalue weighted by Gasteiger charge is 2.27. The first-order valence-corrected chi connectivity index (χ1v) is 9.57. The van der Waals surface area contributed by atoms with Crippen LogP contribution in [0.25, 0.3) is 5.69 Å². The van der Waals surface area contributed by atoms with E-state index in [9.17, 15) is 4.79 Å². The van der Waals surface area contributed by atoms with Crippen LogP contribution in [0, 0.1) is 19.8 Å². The predicted octanol–water partition coefficient (Wildman–Crippen LogP) is 3.13. The molecule has 1 amide bonds. The molecule has 7 heteroatoms. The molecule has 0 saturated carbocycles. The van der Waals surface area contributed by atoms with Crippen molar-refractivity contribution < 1.29 is 4.79 Å². The molecule has 0 aliphatic carbocycles. The Morgan fingerprint density at radius 2 is 1.86 bits per heavy atom. The van der Waals surface area contributed by atoms with E-state index < -0.39 is 0 Å². The van der Waals surface area contributed by atoms with Gasteiger partial charge in [-0.15, -0.1) is 0 Å². The van der Waals surface area contributed by atoms with Gasteiger partial charge in [0.1, 0.15) is 5.82 Å². The number of nitrogens with one attached hydrogen (secondary N) is 1. The molecule has 1 fully saturated rings. The summed E-state index contributed by atoms with van der Waals surface area (Å²) in [4.78, 5) is 23.5. The number of piperidine rings is 1. The molecule has 1 saturated heterocycles. The van der Waals surface area contributed by atoms with Gasteiger partial charge in [0.2, 0.25) is 5.91 Å². The SMILES string of the molecule is Cc1nn(-c2ccccc2)c(C)c1NC(=O)C1CCN(c2cnccn2)CC1. The average molecular weight is 376 g/mol. The van der Waals surface area contributed by atoms with Crippen molar-refractivity contribution in [1.82, 2.24) is 19.7 Å². The summed E-state index contributed by atoms with van der Waals surface area (Å²) in [5, 5.41) is 7.73. The molecule has 3 heterocycles. The van der Waals surface area contributed by atoms with E-state index in [4.69, 9.17) is 0 Å². The zero-order valence-corrected chi connectivity index (χ0v) is 16.2. The summed E-state index contributed by atoms with van der Waals surface area (Å²) in [5.74, 6) is 0.932. The summed E-state index contributed by atoms with van der Waals surface area (Å²) < 4.78 is 1.88. The van der Waals surface area contributed by atoms with Gasteiger partial charge in [-0.3, -0.25) is 9.78 Å². The Bertz CT molecular complexity index is 946. The van der Waals surface area contributed by atoms with Gasteiger partial charge in [-0.2, -0.15) is 5.10 Å². The molecule has 0 atom stereocenters. The number of para-hydroxylation sites is 1. The number of benzene rings is 1. The molecule has 1 N–H and O–H groups in total. The molecule has 0 unspecified atom stereocenters. The summed E-state index contributed by atoms with van der Waals surface area (Å²) in [6.07, 6.45) is 6.74. The van der Waals surface area contributed by atoms with Crippen LogP contribution in [0.1, 0.15) is 24.2 Å². The number of carbonyl (C=O) groups excluding carboxylic acids is 1. The van der Waals surface area contributed by atoms with E-state index in [2.05, 4.69) is 25.3 Å². The van der Waals surface area contributed by atoms with Gasteiger partial charge in [0.05, 0.1) is 29.0 Å². The average Bonchev–Trinajstić information content (AvgIpc) is 3.03. The highest BCUT2D eigenvalue weighted by atomic mass is 16.1. The Hall–Kier alpha value is -3.22. The van der Waals surface area contributed by atoms with E-state index in [-0.39, 0.29) is 11.8 Å². The zero-order chi connectivity index (χ0) is 19.5. The fourth-order valence-corrected chi connectivity index (χ4v) is 3.69. The lowest BCUT2D eigenvalue weighted by molar-refractivity contribution is -0.120. The highest BCUT2D eigenvalue weighted by molar-refractivity contribution is 5.93. The van der Waals surface area contributed by atoms with Crippen LogP contribution in [-0.4, -0.2) is 38.7 Å². The summed E-state index contributed by atoms with van der Waals surface area (Å²) in [6.45, 7) is 5.52. The van der Waals surface area contributed by atoms with Crippen molar-refractivity contribution in [3.8, 4) is 5.69 Å². The van der Waals surface area contributed by atoms with Crippen molar-refractivity contribution >= 4 is 17.4 Å². The number of carbonyl (C=O) groups is 1. The van der Waals surface area contributed by atoms with Gasteiger partial charge in [0, 0.05) is 31.4 Å². The van der Waals surface area contributed by atoms with E-state index >= 15 is 0 Å². The van der Waals surface area contributed by atoms with Gasteiger partial charge in [-0.05, 0) is 38.8 Å². The smallest absolute Gasteiger partial charge is 0.227 e. The van der Waals surface area contributed by atoms with Crippen LogP contribution in [0.15, 0.2) is 48.9 Å². The summed E-state index contributed by atoms with van der Waals surface area (Å²) in [6, 6.07) is 9.95. The van der Waals surface area contributed by atoms with Gasteiger partial charge in [-0.25, -0.2) is 9.67 Å². The number of hydrogen-bond acceptors (Lipinski definition) is 5. The zero-order valence-electron chi connectivity index (χ0n) is 16.2. The largest absolute Gasteiger partial charge is 0.355 e. The molecular formula is C21H24N6O. The van der Waals surface area contributed by atoms with E-state index in [1.54, 1.807) is 18.6 Å². The number of aromatic nitrogens is 4. The molecule has 144 valence electrons. The molecular weight excluding hydrogens is 352 g/mol. The number of anilines is 2. The van der Waals surface area contributed by atoms with Gasteiger partial charge in [0.15, 0.2) is 0 Å². The molecule has 1 aromatic carbocycles. The van der Waals surface area contributed by atoms with Gasteiger partial charge >= 0.3 is 0 Å². The van der Waals surface area contributed by atoms with E-state index in [0.717, 1.165) is 54.5 Å². The van der Waals surface area contributed by atoms with Gasteiger partial charge in [-0.1, -0.05) is 18.2 Å². The van der Waals surface area contributed by atoms with E-state index in [0.29, 0.717) is 0 Å². The fraction of sp³-hybridized carbons (Fsp3) is 0.333. The maximum Gasteiger partial charge on any atom is 0.227 e. The van der Waals surface area contributed by atoms with Crippen molar-refractivity contribution in [3.05, 3.63) is 60.3 Å². The van der Waals surface area contributed by atoms with Crippen LogP contribution in [-0.2, 0) is 4.79 Å². The summed E-state index contributed by atoms with van der Waals surface area (Å²) >= 11 is 0. The van der Waals surface area contributed by atoms with Crippen LogP contribution >= 0.6 is 0 Å². The first-order chi connectivity index (χ1) is 13.6. The van der Waals surface area contributed by atoms with Crippen molar-refractivity contribution in [1.29, 1.82) is 0 Å². The highest BCUT2D eigenvalue weighted by Crippen LogP contribution is 2.26. The third-order valence-corrected chi connectivity index (χ3v) is 5.28. The molecule has 0 radical (unpaired) electrons. The van der Waals surface area contributed by atoms with Crippen LogP contribution in [0.3, 0.4) is 0 Å². The first kappa shape index (κ1) is 18.2. The van der Waals surface area contributed by atoms with Gasteiger partial charge < -0.3 is 10.2 Å². The van der Waals surface area contributed by atoms with Crippen LogP contribution in [0.2, 0.25) is 0 Å². The number of hydrogen-bond donors (Lipinski definition) is 1. The Morgan fingerprint density at radius 1 is 1.11 bits per heavy atom. The molecule has 4 rings (SSSR count). The number of rotatable bonds is 4. The maximum atomic E-state index is 12.9. The second kappa shape index (κ2) is 7.80. The molecule has 28 heavy (non-hydrogen) atoms. The second-order valence-electron chi connectivity index (χ2n) is 7.11. The molecule has 1 aliphatic rings. The van der Waals surface area contributed by atoms with Crippen molar-refractivity contribution in [2.75, 3.05) is 23.3 Å². The summed E-state index contributed by atoms with van der Waals surface area (Å²) in [5.41, 5.74) is 3.56. The van der Waals surface area contributed by atoms with Crippen LogP contribution in [0.4, 0.5) is 11.5 Å². The molecule has 0 bridgehead atoms. The minimum atomic E-state index is -0.00760. The minimum Gasteiger partial charge on any atom is -0.355 e. The Labute approximate surface area is 164 Å². The third-order valence-electron chi connectivity index (χ3n) is 5.28. The monoisotopic (exact) mass is 376 g/mol. The topological polar surface area (TPSA) is 75.9 Å². The molecule has 3 aromatic rings. The summed E-state index contributed by atoms with van der Waals surface area (Å²) in [7, 11) is 0. The third kappa shape index (κ3) is 3.60. The quantitative estimate of drug-likeness (QED) is 0.757. The molecule has 2 aromatic heterocycles. The van der Waals surface area contributed by atoms with E-state index in [1.807, 2.05) is 48.9 Å². The standard InChI is InChI=1S/C21H24N6O/c1-15-20(16(2)27(25-15)18-6-4-3-5-7-18)24-21(28)17-8-12-26(13-9-17)19-14-22-10-11-23-19/h3-7,10-11,14,17H,8-9,12-13H2,1-2H3,(H,24,28). The first-order valence-electron chi connectivity index (χ1n) is 9.57. The van der Waals surface area contributed by atoms with Crippen molar-refractivity contribution in [2.45, 2.75) is 26.7 Å².